The van der Waals surface area contributed by atoms with Crippen LogP contribution in [0, 0.1) is 13.8 Å². The second kappa shape index (κ2) is 3.44. The molecule has 0 aliphatic carbocycles. The van der Waals surface area contributed by atoms with E-state index in [1.807, 2.05) is 13.8 Å². The molecular formula is C7H12N4O. The maximum Gasteiger partial charge on any atom is 0.269 e. The summed E-state index contributed by atoms with van der Waals surface area (Å²) in [6.07, 6.45) is 0. The van der Waals surface area contributed by atoms with Crippen LogP contribution in [0.1, 0.15) is 11.4 Å². The molecule has 0 aliphatic rings. The van der Waals surface area contributed by atoms with Crippen LogP contribution >= 0.6 is 0 Å². The Bertz CT molecular complexity index is 276. The molecule has 5 nitrogen and oxygen atoms in total. The number of hydrogen-bond donors (Lipinski definition) is 0. The highest BCUT2D eigenvalue weighted by Gasteiger charge is 2.04. The fourth-order valence-corrected chi connectivity index (χ4v) is 0.660. The summed E-state index contributed by atoms with van der Waals surface area (Å²) in [6, 6.07) is 0. The van der Waals surface area contributed by atoms with Gasteiger partial charge in [0, 0.05) is 7.05 Å². The van der Waals surface area contributed by atoms with Gasteiger partial charge >= 0.3 is 0 Å². The minimum absolute atomic E-state index is 0.473. The fourth-order valence-electron chi connectivity index (χ4n) is 0.660. The largest absolute Gasteiger partial charge is 0.274 e. The summed E-state index contributed by atoms with van der Waals surface area (Å²) in [5.74, 6) is 0.473. The first-order chi connectivity index (χ1) is 5.65. The van der Waals surface area contributed by atoms with E-state index in [1.54, 1.807) is 14.2 Å². The molecule has 0 spiro atoms. The maximum atomic E-state index is 4.90. The second-order valence-electron chi connectivity index (χ2n) is 2.46. The van der Waals surface area contributed by atoms with E-state index < -0.39 is 0 Å². The molecule has 0 atom stereocenters. The van der Waals surface area contributed by atoms with Crippen LogP contribution in [0.15, 0.2) is 0 Å². The van der Waals surface area contributed by atoms with Crippen molar-refractivity contribution in [3.63, 3.8) is 0 Å². The summed E-state index contributed by atoms with van der Waals surface area (Å²) in [5, 5.41) is 9.22. The number of hydrogen-bond acceptors (Lipinski definition) is 5. The molecular weight excluding hydrogens is 156 g/mol. The molecule has 0 bridgehead atoms. The molecule has 0 aliphatic heterocycles. The van der Waals surface area contributed by atoms with Crippen molar-refractivity contribution in [3.8, 4) is 0 Å². The lowest BCUT2D eigenvalue weighted by Crippen LogP contribution is -2.19. The van der Waals surface area contributed by atoms with Crippen LogP contribution in [0.25, 0.3) is 0 Å². The lowest BCUT2D eigenvalue weighted by Gasteiger charge is -2.12. The van der Waals surface area contributed by atoms with Crippen LogP contribution < -0.4 is 5.06 Å². The second-order valence-corrected chi connectivity index (χ2v) is 2.46. The molecule has 1 aromatic heterocycles. The Kier molecular flexibility index (Phi) is 2.54. The maximum absolute atomic E-state index is 4.90. The molecule has 0 amide bonds. The van der Waals surface area contributed by atoms with E-state index in [0.717, 1.165) is 11.4 Å². The SMILES string of the molecule is CON(C)c1nnc(C)c(C)n1. The van der Waals surface area contributed by atoms with Gasteiger partial charge in [0.1, 0.15) is 0 Å². The predicted molar refractivity (Wildman–Crippen MR) is 44.7 cm³/mol. The van der Waals surface area contributed by atoms with Gasteiger partial charge in [-0.1, -0.05) is 0 Å². The Morgan fingerprint density at radius 3 is 2.33 bits per heavy atom. The molecule has 1 rings (SSSR count). The van der Waals surface area contributed by atoms with Crippen molar-refractivity contribution in [1.82, 2.24) is 15.2 Å². The van der Waals surface area contributed by atoms with Crippen LogP contribution in [0.4, 0.5) is 5.95 Å². The number of aromatic nitrogens is 3. The van der Waals surface area contributed by atoms with E-state index in [-0.39, 0.29) is 0 Å². The number of anilines is 1. The van der Waals surface area contributed by atoms with Crippen molar-refractivity contribution in [2.45, 2.75) is 13.8 Å². The van der Waals surface area contributed by atoms with Gasteiger partial charge in [-0.2, -0.15) is 5.10 Å². The zero-order valence-electron chi connectivity index (χ0n) is 7.70. The van der Waals surface area contributed by atoms with Crippen molar-refractivity contribution in [3.05, 3.63) is 11.4 Å². The number of nitrogens with zero attached hydrogens (tertiary/aromatic N) is 4. The van der Waals surface area contributed by atoms with Crippen molar-refractivity contribution >= 4 is 5.95 Å². The van der Waals surface area contributed by atoms with Crippen LogP contribution in [-0.4, -0.2) is 29.3 Å². The van der Waals surface area contributed by atoms with Crippen LogP contribution in [0.3, 0.4) is 0 Å². The minimum atomic E-state index is 0.473. The Hall–Kier alpha value is -1.23. The van der Waals surface area contributed by atoms with Gasteiger partial charge in [0.15, 0.2) is 0 Å². The van der Waals surface area contributed by atoms with Crippen molar-refractivity contribution < 1.29 is 4.84 Å². The Balaban J connectivity index is 2.96. The average Bonchev–Trinajstić information content (AvgIpc) is 2.08. The first kappa shape index (κ1) is 8.86. The number of rotatable bonds is 2. The summed E-state index contributed by atoms with van der Waals surface area (Å²) in [5.41, 5.74) is 1.70. The molecule has 0 saturated heterocycles. The minimum Gasteiger partial charge on any atom is -0.274 e. The van der Waals surface area contributed by atoms with E-state index in [2.05, 4.69) is 15.2 Å². The highest BCUT2D eigenvalue weighted by Crippen LogP contribution is 2.05. The predicted octanol–water partition coefficient (Wildman–Crippen LogP) is 0.486. The van der Waals surface area contributed by atoms with E-state index in [4.69, 9.17) is 4.84 Å². The third kappa shape index (κ3) is 1.68. The standard InChI is InChI=1S/C7H12N4O/c1-5-6(2)9-10-7(8-5)11(3)12-4/h1-4H3. The molecule has 0 unspecified atom stereocenters. The number of aryl methyl sites for hydroxylation is 2. The van der Waals surface area contributed by atoms with Crippen LogP contribution in [0.2, 0.25) is 0 Å². The quantitative estimate of drug-likeness (QED) is 0.601. The molecule has 66 valence electrons. The third-order valence-corrected chi connectivity index (χ3v) is 1.64. The van der Waals surface area contributed by atoms with Gasteiger partial charge < -0.3 is 0 Å². The van der Waals surface area contributed by atoms with Gasteiger partial charge in [-0.15, -0.1) is 5.10 Å². The first-order valence-corrected chi connectivity index (χ1v) is 3.61. The molecule has 0 radical (unpaired) electrons. The molecule has 1 heterocycles. The van der Waals surface area contributed by atoms with Crippen LogP contribution in [0.5, 0.6) is 0 Å². The summed E-state index contributed by atoms with van der Waals surface area (Å²) in [4.78, 5) is 9.07. The lowest BCUT2D eigenvalue weighted by molar-refractivity contribution is 0.179. The molecule has 0 saturated carbocycles. The summed E-state index contributed by atoms with van der Waals surface area (Å²) in [6.45, 7) is 3.75. The van der Waals surface area contributed by atoms with Crippen LogP contribution in [-0.2, 0) is 4.84 Å². The molecule has 12 heavy (non-hydrogen) atoms. The normalized spacial score (nSPS) is 10.0. The van der Waals surface area contributed by atoms with E-state index in [0.29, 0.717) is 5.95 Å². The summed E-state index contributed by atoms with van der Waals surface area (Å²) >= 11 is 0. The summed E-state index contributed by atoms with van der Waals surface area (Å²) in [7, 11) is 3.28. The Morgan fingerprint density at radius 2 is 1.83 bits per heavy atom. The third-order valence-electron chi connectivity index (χ3n) is 1.64. The highest BCUT2D eigenvalue weighted by molar-refractivity contribution is 5.24. The topological polar surface area (TPSA) is 51.1 Å². The molecule has 5 heteroatoms. The highest BCUT2D eigenvalue weighted by atomic mass is 16.7. The van der Waals surface area contributed by atoms with E-state index >= 15 is 0 Å². The first-order valence-electron chi connectivity index (χ1n) is 3.61. The van der Waals surface area contributed by atoms with Crippen molar-refractivity contribution in [2.75, 3.05) is 19.2 Å². The van der Waals surface area contributed by atoms with Gasteiger partial charge in [-0.3, -0.25) is 4.84 Å². The monoisotopic (exact) mass is 168 g/mol. The van der Waals surface area contributed by atoms with Gasteiger partial charge in [-0.25, -0.2) is 10.0 Å². The zero-order valence-corrected chi connectivity index (χ0v) is 7.70. The fraction of sp³-hybridized carbons (Fsp3) is 0.571. The molecule has 0 fully saturated rings. The number of hydroxylamine groups is 1. The average molecular weight is 168 g/mol. The molecule has 1 aromatic rings. The molecule has 0 N–H and O–H groups in total. The van der Waals surface area contributed by atoms with Crippen molar-refractivity contribution in [2.24, 2.45) is 0 Å². The Morgan fingerprint density at radius 1 is 1.17 bits per heavy atom. The zero-order chi connectivity index (χ0) is 9.14. The van der Waals surface area contributed by atoms with Gasteiger partial charge in [0.2, 0.25) is 0 Å². The summed E-state index contributed by atoms with van der Waals surface area (Å²) < 4.78 is 0. The van der Waals surface area contributed by atoms with E-state index in [9.17, 15) is 0 Å². The smallest absolute Gasteiger partial charge is 0.269 e. The van der Waals surface area contributed by atoms with Gasteiger partial charge in [-0.05, 0) is 13.8 Å². The van der Waals surface area contributed by atoms with E-state index in [1.165, 1.54) is 5.06 Å². The lowest BCUT2D eigenvalue weighted by atomic mass is 10.4. The Labute approximate surface area is 71.3 Å². The van der Waals surface area contributed by atoms with Crippen molar-refractivity contribution in [1.29, 1.82) is 0 Å². The van der Waals surface area contributed by atoms with Gasteiger partial charge in [0.25, 0.3) is 5.95 Å². The molecule has 0 aromatic carbocycles. The van der Waals surface area contributed by atoms with Gasteiger partial charge in [0.05, 0.1) is 18.5 Å².